The summed E-state index contributed by atoms with van der Waals surface area (Å²) >= 11 is 0. The number of para-hydroxylation sites is 2. The molecule has 0 aliphatic carbocycles. The number of benzene rings is 8. The second-order valence-corrected chi connectivity index (χ2v) is 11.8. The Morgan fingerprint density at radius 2 is 0.891 bits per heavy atom. The average molecular weight is 588 g/mol. The number of furan rings is 1. The number of hydrogen-bond acceptors (Lipinski definition) is 2. The van der Waals surface area contributed by atoms with Crippen molar-refractivity contribution in [3.63, 3.8) is 0 Å². The SMILES string of the molecule is c1ccc2cc(N(c3ccc(-c4cccc5ccccc45)cc3)c3ccc(-c4cccc5c4oc4ccccc45)cc3)ccc2c1. The van der Waals surface area contributed by atoms with Gasteiger partial charge < -0.3 is 9.32 Å². The molecule has 0 radical (unpaired) electrons. The Morgan fingerprint density at radius 3 is 1.67 bits per heavy atom. The van der Waals surface area contributed by atoms with Gasteiger partial charge in [0.25, 0.3) is 0 Å². The van der Waals surface area contributed by atoms with E-state index in [1.54, 1.807) is 0 Å². The molecule has 0 aliphatic heterocycles. The van der Waals surface area contributed by atoms with Gasteiger partial charge in [0.05, 0.1) is 0 Å². The first-order chi connectivity index (χ1) is 22.8. The van der Waals surface area contributed by atoms with Gasteiger partial charge in [0.15, 0.2) is 0 Å². The van der Waals surface area contributed by atoms with Crippen LogP contribution >= 0.6 is 0 Å². The Labute approximate surface area is 267 Å². The van der Waals surface area contributed by atoms with E-state index in [-0.39, 0.29) is 0 Å². The zero-order valence-corrected chi connectivity index (χ0v) is 25.1. The van der Waals surface area contributed by atoms with Crippen LogP contribution in [0.4, 0.5) is 17.1 Å². The molecule has 0 amide bonds. The predicted octanol–water partition coefficient (Wildman–Crippen LogP) is 12.7. The zero-order valence-electron chi connectivity index (χ0n) is 25.1. The van der Waals surface area contributed by atoms with Crippen LogP contribution in [0.15, 0.2) is 180 Å². The topological polar surface area (TPSA) is 16.4 Å². The van der Waals surface area contributed by atoms with E-state index in [4.69, 9.17) is 4.42 Å². The highest BCUT2D eigenvalue weighted by atomic mass is 16.3. The van der Waals surface area contributed by atoms with Gasteiger partial charge in [-0.2, -0.15) is 0 Å². The van der Waals surface area contributed by atoms with E-state index in [2.05, 4.69) is 169 Å². The summed E-state index contributed by atoms with van der Waals surface area (Å²) in [4.78, 5) is 2.34. The van der Waals surface area contributed by atoms with Gasteiger partial charge in [0.2, 0.25) is 0 Å². The lowest BCUT2D eigenvalue weighted by Crippen LogP contribution is -2.09. The first-order valence-electron chi connectivity index (χ1n) is 15.7. The van der Waals surface area contributed by atoms with Gasteiger partial charge in [0, 0.05) is 33.4 Å². The third-order valence-electron chi connectivity index (χ3n) is 9.06. The molecule has 0 fully saturated rings. The molecule has 1 heterocycles. The minimum absolute atomic E-state index is 0.913. The molecule has 0 bridgehead atoms. The minimum Gasteiger partial charge on any atom is -0.455 e. The summed E-state index contributed by atoms with van der Waals surface area (Å²) in [5, 5.41) is 7.24. The van der Waals surface area contributed by atoms with Crippen molar-refractivity contribution in [2.24, 2.45) is 0 Å². The van der Waals surface area contributed by atoms with Crippen LogP contribution in [0, 0.1) is 0 Å². The first-order valence-corrected chi connectivity index (χ1v) is 15.7. The molecule has 0 unspecified atom stereocenters. The second-order valence-electron chi connectivity index (χ2n) is 11.8. The van der Waals surface area contributed by atoms with Crippen molar-refractivity contribution in [2.45, 2.75) is 0 Å². The quantitative estimate of drug-likeness (QED) is 0.199. The highest BCUT2D eigenvalue weighted by Gasteiger charge is 2.16. The van der Waals surface area contributed by atoms with Crippen LogP contribution in [0.3, 0.4) is 0 Å². The minimum atomic E-state index is 0.913. The number of nitrogens with zero attached hydrogens (tertiary/aromatic N) is 1. The predicted molar refractivity (Wildman–Crippen MR) is 194 cm³/mol. The molecule has 0 saturated heterocycles. The summed E-state index contributed by atoms with van der Waals surface area (Å²) < 4.78 is 6.36. The molecule has 9 rings (SSSR count). The van der Waals surface area contributed by atoms with Crippen molar-refractivity contribution in [1.82, 2.24) is 0 Å². The summed E-state index contributed by atoms with van der Waals surface area (Å²) in [6.45, 7) is 0. The largest absolute Gasteiger partial charge is 0.455 e. The number of anilines is 3. The fraction of sp³-hybridized carbons (Fsp3) is 0. The van der Waals surface area contributed by atoms with Gasteiger partial charge in [-0.1, -0.05) is 133 Å². The summed E-state index contributed by atoms with van der Waals surface area (Å²) in [6.07, 6.45) is 0. The smallest absolute Gasteiger partial charge is 0.143 e. The lowest BCUT2D eigenvalue weighted by atomic mass is 9.98. The molecule has 2 heteroatoms. The molecule has 0 atom stereocenters. The fourth-order valence-electron chi connectivity index (χ4n) is 6.79. The molecular formula is C44H29NO. The first kappa shape index (κ1) is 26.3. The maximum absolute atomic E-state index is 6.36. The van der Waals surface area contributed by atoms with E-state index in [0.29, 0.717) is 0 Å². The van der Waals surface area contributed by atoms with Crippen molar-refractivity contribution in [1.29, 1.82) is 0 Å². The van der Waals surface area contributed by atoms with E-state index < -0.39 is 0 Å². The third-order valence-corrected chi connectivity index (χ3v) is 9.06. The van der Waals surface area contributed by atoms with Crippen molar-refractivity contribution in [2.75, 3.05) is 4.90 Å². The molecule has 9 aromatic rings. The van der Waals surface area contributed by atoms with Crippen LogP contribution in [0.25, 0.3) is 65.7 Å². The Balaban J connectivity index is 1.15. The molecule has 0 spiro atoms. The molecule has 0 aliphatic rings. The summed E-state index contributed by atoms with van der Waals surface area (Å²) in [5.41, 5.74) is 9.81. The van der Waals surface area contributed by atoms with E-state index >= 15 is 0 Å². The summed E-state index contributed by atoms with van der Waals surface area (Å²) in [7, 11) is 0. The van der Waals surface area contributed by atoms with Crippen molar-refractivity contribution in [3.05, 3.63) is 176 Å². The van der Waals surface area contributed by atoms with E-state index in [0.717, 1.165) is 50.1 Å². The fourth-order valence-corrected chi connectivity index (χ4v) is 6.79. The van der Waals surface area contributed by atoms with Gasteiger partial charge >= 0.3 is 0 Å². The normalized spacial score (nSPS) is 11.5. The highest BCUT2D eigenvalue weighted by Crippen LogP contribution is 2.40. The second kappa shape index (κ2) is 10.8. The lowest BCUT2D eigenvalue weighted by Gasteiger charge is -2.26. The highest BCUT2D eigenvalue weighted by molar-refractivity contribution is 6.09. The van der Waals surface area contributed by atoms with Crippen LogP contribution in [0.1, 0.15) is 0 Å². The lowest BCUT2D eigenvalue weighted by molar-refractivity contribution is 0.670. The van der Waals surface area contributed by atoms with Crippen LogP contribution < -0.4 is 4.90 Å². The van der Waals surface area contributed by atoms with E-state index in [1.807, 2.05) is 12.1 Å². The van der Waals surface area contributed by atoms with E-state index in [1.165, 1.54) is 32.7 Å². The number of rotatable bonds is 5. The monoisotopic (exact) mass is 587 g/mol. The number of fused-ring (bicyclic) bond motifs is 5. The molecule has 8 aromatic carbocycles. The molecular weight excluding hydrogens is 558 g/mol. The van der Waals surface area contributed by atoms with Gasteiger partial charge in [-0.25, -0.2) is 0 Å². The van der Waals surface area contributed by atoms with Gasteiger partial charge in [-0.05, 0) is 80.7 Å². The Kier molecular flexibility index (Phi) is 6.17. The molecule has 0 saturated carbocycles. The zero-order chi connectivity index (χ0) is 30.5. The summed E-state index contributed by atoms with van der Waals surface area (Å²) in [6, 6.07) is 62.8. The average Bonchev–Trinajstić information content (AvgIpc) is 3.51. The Bertz CT molecular complexity index is 2520. The Hall–Kier alpha value is -6.12. The van der Waals surface area contributed by atoms with Crippen molar-refractivity contribution >= 4 is 60.5 Å². The third kappa shape index (κ3) is 4.43. The van der Waals surface area contributed by atoms with Crippen LogP contribution in [0.2, 0.25) is 0 Å². The molecule has 0 N–H and O–H groups in total. The maximum Gasteiger partial charge on any atom is 0.143 e. The van der Waals surface area contributed by atoms with Crippen molar-refractivity contribution in [3.8, 4) is 22.3 Å². The molecule has 2 nitrogen and oxygen atoms in total. The standard InChI is InChI=1S/C44H29NO/c1-2-11-34-29-37(28-19-30(34)9-1)45(35-24-20-32(21-25-35)39-15-7-12-31-10-3-4-13-38(31)39)36-26-22-33(23-27-36)40-16-8-17-42-41-14-5-6-18-43(41)46-44(40)42/h1-29H. The van der Waals surface area contributed by atoms with Gasteiger partial charge in [-0.15, -0.1) is 0 Å². The van der Waals surface area contributed by atoms with Crippen molar-refractivity contribution < 1.29 is 4.42 Å². The molecule has 216 valence electrons. The van der Waals surface area contributed by atoms with Gasteiger partial charge in [-0.3, -0.25) is 0 Å². The van der Waals surface area contributed by atoms with Crippen LogP contribution in [-0.4, -0.2) is 0 Å². The van der Waals surface area contributed by atoms with Crippen LogP contribution in [0.5, 0.6) is 0 Å². The maximum atomic E-state index is 6.36. The molecule has 1 aromatic heterocycles. The van der Waals surface area contributed by atoms with Gasteiger partial charge in [0.1, 0.15) is 11.2 Å². The summed E-state index contributed by atoms with van der Waals surface area (Å²) in [5.74, 6) is 0. The Morgan fingerprint density at radius 1 is 0.348 bits per heavy atom. The van der Waals surface area contributed by atoms with E-state index in [9.17, 15) is 0 Å². The van der Waals surface area contributed by atoms with Crippen LogP contribution in [-0.2, 0) is 0 Å². The number of hydrogen-bond donors (Lipinski definition) is 0. The molecule has 46 heavy (non-hydrogen) atoms.